The molecule has 2 rings (SSSR count). The molecule has 0 aliphatic heterocycles. The van der Waals surface area contributed by atoms with Gasteiger partial charge in [-0.2, -0.15) is 0 Å². The maximum atomic E-state index is 12.1. The van der Waals surface area contributed by atoms with E-state index in [4.69, 9.17) is 27.9 Å². The van der Waals surface area contributed by atoms with Crippen LogP contribution in [0.3, 0.4) is 0 Å². The van der Waals surface area contributed by atoms with Gasteiger partial charge >= 0.3 is 0 Å². The third-order valence-electron chi connectivity index (χ3n) is 3.55. The monoisotopic (exact) mass is 380 g/mol. The molecule has 0 radical (unpaired) electrons. The molecule has 0 bridgehead atoms. The van der Waals surface area contributed by atoms with Crippen LogP contribution in [0.15, 0.2) is 36.4 Å². The summed E-state index contributed by atoms with van der Waals surface area (Å²) in [5, 5.41) is 0.611. The lowest BCUT2D eigenvalue weighted by Crippen LogP contribution is -2.47. The van der Waals surface area contributed by atoms with Crippen molar-refractivity contribution >= 4 is 35.0 Å². The first kappa shape index (κ1) is 19.1. The zero-order valence-corrected chi connectivity index (χ0v) is 15.5. The summed E-state index contributed by atoms with van der Waals surface area (Å²) in [6.45, 7) is 5.40. The standard InChI is InChI=1S/C18H18Cl2N2O3/c1-10-5-4-6-11(2)16(10)25-12(3)17(23)21-22-18(24)14-8-7-13(19)9-15(14)20/h4-9,12H,1-3H3,(H,21,23)(H,22,24). The van der Waals surface area contributed by atoms with Crippen molar-refractivity contribution in [1.82, 2.24) is 10.9 Å². The van der Waals surface area contributed by atoms with Crippen LogP contribution in [-0.2, 0) is 4.79 Å². The molecule has 7 heteroatoms. The van der Waals surface area contributed by atoms with E-state index in [2.05, 4.69) is 10.9 Å². The number of hydrogen-bond donors (Lipinski definition) is 2. The summed E-state index contributed by atoms with van der Waals surface area (Å²) in [6.07, 6.45) is -0.791. The fourth-order valence-corrected chi connectivity index (χ4v) is 2.67. The lowest BCUT2D eigenvalue weighted by Gasteiger charge is -2.18. The highest BCUT2D eigenvalue weighted by Gasteiger charge is 2.18. The van der Waals surface area contributed by atoms with Crippen molar-refractivity contribution in [3.8, 4) is 5.75 Å². The summed E-state index contributed by atoms with van der Waals surface area (Å²) in [5.41, 5.74) is 6.69. The van der Waals surface area contributed by atoms with E-state index in [1.807, 2.05) is 32.0 Å². The molecule has 0 saturated carbocycles. The van der Waals surface area contributed by atoms with E-state index in [9.17, 15) is 9.59 Å². The van der Waals surface area contributed by atoms with Crippen molar-refractivity contribution in [2.75, 3.05) is 0 Å². The molecule has 0 aliphatic carbocycles. The van der Waals surface area contributed by atoms with Gasteiger partial charge in [-0.25, -0.2) is 0 Å². The number of rotatable bonds is 4. The quantitative estimate of drug-likeness (QED) is 0.791. The Morgan fingerprint density at radius 2 is 1.68 bits per heavy atom. The van der Waals surface area contributed by atoms with Gasteiger partial charge in [0, 0.05) is 5.02 Å². The molecule has 2 N–H and O–H groups in total. The van der Waals surface area contributed by atoms with Gasteiger partial charge in [0.1, 0.15) is 5.75 Å². The van der Waals surface area contributed by atoms with Crippen LogP contribution >= 0.6 is 23.2 Å². The maximum absolute atomic E-state index is 12.1. The summed E-state index contributed by atoms with van der Waals surface area (Å²) in [6, 6.07) is 10.2. The molecule has 0 heterocycles. The van der Waals surface area contributed by atoms with Crippen molar-refractivity contribution in [2.45, 2.75) is 26.9 Å². The summed E-state index contributed by atoms with van der Waals surface area (Å²) in [7, 11) is 0. The zero-order valence-electron chi connectivity index (χ0n) is 14.0. The van der Waals surface area contributed by atoms with Crippen LogP contribution in [0.25, 0.3) is 0 Å². The molecule has 132 valence electrons. The lowest BCUT2D eigenvalue weighted by atomic mass is 10.1. The summed E-state index contributed by atoms with van der Waals surface area (Å²) >= 11 is 11.8. The smallest absolute Gasteiger partial charge is 0.279 e. The van der Waals surface area contributed by atoms with Crippen LogP contribution in [0.4, 0.5) is 0 Å². The average molecular weight is 381 g/mol. The number of aryl methyl sites for hydroxylation is 2. The molecule has 25 heavy (non-hydrogen) atoms. The highest BCUT2D eigenvalue weighted by atomic mass is 35.5. The van der Waals surface area contributed by atoms with Crippen LogP contribution < -0.4 is 15.6 Å². The minimum atomic E-state index is -0.791. The van der Waals surface area contributed by atoms with Gasteiger partial charge in [-0.15, -0.1) is 0 Å². The number of ether oxygens (including phenoxy) is 1. The fraction of sp³-hybridized carbons (Fsp3) is 0.222. The number of para-hydroxylation sites is 1. The molecule has 5 nitrogen and oxygen atoms in total. The third-order valence-corrected chi connectivity index (χ3v) is 4.10. The molecule has 0 spiro atoms. The highest BCUT2D eigenvalue weighted by molar-refractivity contribution is 6.36. The third kappa shape index (κ3) is 4.87. The van der Waals surface area contributed by atoms with Crippen LogP contribution in [0.1, 0.15) is 28.4 Å². The number of benzene rings is 2. The Morgan fingerprint density at radius 1 is 1.04 bits per heavy atom. The maximum Gasteiger partial charge on any atom is 0.279 e. The van der Waals surface area contributed by atoms with Crippen LogP contribution in [0.2, 0.25) is 10.0 Å². The SMILES string of the molecule is Cc1cccc(C)c1OC(C)C(=O)NNC(=O)c1ccc(Cl)cc1Cl. The second-order valence-electron chi connectivity index (χ2n) is 5.55. The average Bonchev–Trinajstić information content (AvgIpc) is 2.55. The van der Waals surface area contributed by atoms with Crippen molar-refractivity contribution < 1.29 is 14.3 Å². The van der Waals surface area contributed by atoms with Crippen LogP contribution in [-0.4, -0.2) is 17.9 Å². The molecule has 0 aliphatic rings. The summed E-state index contributed by atoms with van der Waals surface area (Å²) in [4.78, 5) is 24.2. The van der Waals surface area contributed by atoms with E-state index in [-0.39, 0.29) is 10.6 Å². The molecule has 0 saturated heterocycles. The summed E-state index contributed by atoms with van der Waals surface area (Å²) < 4.78 is 5.71. The van der Waals surface area contributed by atoms with Crippen molar-refractivity contribution in [1.29, 1.82) is 0 Å². The molecular weight excluding hydrogens is 363 g/mol. The van der Waals surface area contributed by atoms with Gasteiger partial charge in [-0.3, -0.25) is 20.4 Å². The van der Waals surface area contributed by atoms with Gasteiger partial charge in [-0.05, 0) is 50.1 Å². The van der Waals surface area contributed by atoms with E-state index in [1.165, 1.54) is 18.2 Å². The van der Waals surface area contributed by atoms with E-state index in [0.717, 1.165) is 11.1 Å². The van der Waals surface area contributed by atoms with E-state index < -0.39 is 17.9 Å². The van der Waals surface area contributed by atoms with Crippen molar-refractivity contribution in [2.24, 2.45) is 0 Å². The fourth-order valence-electron chi connectivity index (χ4n) is 2.18. The number of carbonyl (C=O) groups is 2. The van der Waals surface area contributed by atoms with Gasteiger partial charge in [0.05, 0.1) is 10.6 Å². The molecular formula is C18H18Cl2N2O3. The van der Waals surface area contributed by atoms with Crippen molar-refractivity contribution in [3.63, 3.8) is 0 Å². The van der Waals surface area contributed by atoms with Crippen LogP contribution in [0.5, 0.6) is 5.75 Å². The Balaban J connectivity index is 1.96. The van der Waals surface area contributed by atoms with E-state index in [0.29, 0.717) is 10.8 Å². The zero-order chi connectivity index (χ0) is 18.6. The molecule has 0 aromatic heterocycles. The second kappa shape index (κ2) is 8.23. The van der Waals surface area contributed by atoms with Gasteiger partial charge in [-0.1, -0.05) is 41.4 Å². The molecule has 0 fully saturated rings. The number of amides is 2. The second-order valence-corrected chi connectivity index (χ2v) is 6.39. The predicted octanol–water partition coefficient (Wildman–Crippen LogP) is 3.84. The van der Waals surface area contributed by atoms with Gasteiger partial charge in [0.2, 0.25) is 0 Å². The Bertz CT molecular complexity index is 789. The first-order valence-electron chi connectivity index (χ1n) is 7.57. The van der Waals surface area contributed by atoms with Gasteiger partial charge in [0.25, 0.3) is 11.8 Å². The number of halogens is 2. The molecule has 1 atom stereocenters. The molecule has 2 amide bonds. The Hall–Kier alpha value is -2.24. The first-order valence-corrected chi connectivity index (χ1v) is 8.33. The minimum absolute atomic E-state index is 0.194. The number of carbonyl (C=O) groups excluding carboxylic acids is 2. The lowest BCUT2D eigenvalue weighted by molar-refractivity contribution is -0.128. The van der Waals surface area contributed by atoms with Crippen LogP contribution in [0, 0.1) is 13.8 Å². The first-order chi connectivity index (χ1) is 11.8. The highest BCUT2D eigenvalue weighted by Crippen LogP contribution is 2.23. The topological polar surface area (TPSA) is 67.4 Å². The summed E-state index contributed by atoms with van der Waals surface area (Å²) in [5.74, 6) is -0.382. The molecule has 2 aromatic rings. The Kier molecular flexibility index (Phi) is 6.28. The van der Waals surface area contributed by atoms with E-state index in [1.54, 1.807) is 6.92 Å². The Morgan fingerprint density at radius 3 is 2.28 bits per heavy atom. The molecule has 1 unspecified atom stereocenters. The van der Waals surface area contributed by atoms with E-state index >= 15 is 0 Å². The normalized spacial score (nSPS) is 11.6. The minimum Gasteiger partial charge on any atom is -0.480 e. The predicted molar refractivity (Wildman–Crippen MR) is 98.1 cm³/mol. The largest absolute Gasteiger partial charge is 0.480 e. The van der Waals surface area contributed by atoms with Gasteiger partial charge < -0.3 is 4.74 Å². The molecule has 2 aromatic carbocycles. The van der Waals surface area contributed by atoms with Gasteiger partial charge in [0.15, 0.2) is 6.10 Å². The van der Waals surface area contributed by atoms with Crippen molar-refractivity contribution in [3.05, 3.63) is 63.1 Å². The number of hydrogen-bond acceptors (Lipinski definition) is 3. The Labute approximate surface area is 156 Å². The number of nitrogens with one attached hydrogen (secondary N) is 2. The number of hydrazine groups is 1.